The molecule has 0 aliphatic heterocycles. The number of benzene rings is 2. The summed E-state index contributed by atoms with van der Waals surface area (Å²) in [5, 5.41) is 2.92. The van der Waals surface area contributed by atoms with Crippen LogP contribution in [0.2, 0.25) is 0 Å². The van der Waals surface area contributed by atoms with E-state index in [9.17, 15) is 0 Å². The molecule has 2 aromatic rings. The van der Waals surface area contributed by atoms with E-state index in [1.807, 2.05) is 0 Å². The molecule has 0 radical (unpaired) electrons. The summed E-state index contributed by atoms with van der Waals surface area (Å²) >= 11 is 6.24. The van der Waals surface area contributed by atoms with E-state index in [4.69, 9.17) is 11.6 Å². The van der Waals surface area contributed by atoms with Gasteiger partial charge in [0.1, 0.15) is 0 Å². The van der Waals surface area contributed by atoms with Gasteiger partial charge in [0.25, 0.3) is 0 Å². The molecule has 0 aliphatic carbocycles. The van der Waals surface area contributed by atoms with Crippen LogP contribution in [0.5, 0.6) is 0 Å². The highest BCUT2D eigenvalue weighted by Crippen LogP contribution is 2.25. The third kappa shape index (κ3) is 2.81. The van der Waals surface area contributed by atoms with Gasteiger partial charge in [0.2, 0.25) is 0 Å². The molecule has 2 unspecified atom stereocenters. The quantitative estimate of drug-likeness (QED) is 0.664. The summed E-state index contributed by atoms with van der Waals surface area (Å²) in [4.78, 5) is 0. The van der Waals surface area contributed by atoms with Crippen LogP contribution in [0.1, 0.15) is 25.8 Å². The first kappa shape index (κ1) is 12.4. The fourth-order valence-electron chi connectivity index (χ4n) is 2.38. The van der Waals surface area contributed by atoms with Crippen LogP contribution in [-0.4, -0.2) is 5.38 Å². The topological polar surface area (TPSA) is 0 Å². The molecule has 0 saturated carbocycles. The minimum Gasteiger partial charge on any atom is -0.123 e. The van der Waals surface area contributed by atoms with E-state index in [-0.39, 0.29) is 5.38 Å². The van der Waals surface area contributed by atoms with E-state index >= 15 is 0 Å². The molecule has 0 aliphatic rings. The molecule has 0 heterocycles. The van der Waals surface area contributed by atoms with Gasteiger partial charge < -0.3 is 0 Å². The van der Waals surface area contributed by atoms with E-state index in [0.717, 1.165) is 12.8 Å². The van der Waals surface area contributed by atoms with Crippen molar-refractivity contribution in [1.29, 1.82) is 0 Å². The highest BCUT2D eigenvalue weighted by atomic mass is 35.5. The van der Waals surface area contributed by atoms with Crippen LogP contribution in [0.15, 0.2) is 42.5 Å². The van der Waals surface area contributed by atoms with Crippen molar-refractivity contribution in [2.45, 2.75) is 32.1 Å². The van der Waals surface area contributed by atoms with Gasteiger partial charge in [0.15, 0.2) is 0 Å². The van der Waals surface area contributed by atoms with Crippen LogP contribution >= 0.6 is 11.6 Å². The average molecular weight is 247 g/mol. The van der Waals surface area contributed by atoms with Crippen LogP contribution < -0.4 is 0 Å². The summed E-state index contributed by atoms with van der Waals surface area (Å²) in [6.45, 7) is 4.32. The van der Waals surface area contributed by atoms with Gasteiger partial charge in [-0.1, -0.05) is 55.8 Å². The maximum absolute atomic E-state index is 6.24. The van der Waals surface area contributed by atoms with Crippen molar-refractivity contribution in [3.63, 3.8) is 0 Å². The SMILES string of the molecule is CCC(Cc1cccc2ccccc12)C(C)Cl. The van der Waals surface area contributed by atoms with Gasteiger partial charge in [-0.15, -0.1) is 11.6 Å². The summed E-state index contributed by atoms with van der Waals surface area (Å²) in [6.07, 6.45) is 2.20. The average Bonchev–Trinajstić information content (AvgIpc) is 2.35. The fraction of sp³-hybridized carbons (Fsp3) is 0.375. The zero-order valence-corrected chi connectivity index (χ0v) is 11.2. The van der Waals surface area contributed by atoms with Gasteiger partial charge >= 0.3 is 0 Å². The smallest absolute Gasteiger partial charge is 0.0339 e. The molecular formula is C16H19Cl. The summed E-state index contributed by atoms with van der Waals surface area (Å²) in [6, 6.07) is 15.1. The molecule has 1 heteroatoms. The maximum atomic E-state index is 6.24. The molecule has 0 saturated heterocycles. The molecule has 2 aromatic carbocycles. The Morgan fingerprint density at radius 3 is 2.47 bits per heavy atom. The van der Waals surface area contributed by atoms with Crippen molar-refractivity contribution in [1.82, 2.24) is 0 Å². The second kappa shape index (κ2) is 5.55. The maximum Gasteiger partial charge on any atom is 0.0339 e. The highest BCUT2D eigenvalue weighted by Gasteiger charge is 2.14. The number of hydrogen-bond acceptors (Lipinski definition) is 0. The number of rotatable bonds is 4. The first-order chi connectivity index (χ1) is 8.22. The Kier molecular flexibility index (Phi) is 4.06. The molecule has 0 N–H and O–H groups in total. The van der Waals surface area contributed by atoms with Crippen LogP contribution in [0.3, 0.4) is 0 Å². The molecule has 0 fully saturated rings. The minimum absolute atomic E-state index is 0.235. The fourth-order valence-corrected chi connectivity index (χ4v) is 2.65. The molecule has 2 atom stereocenters. The largest absolute Gasteiger partial charge is 0.123 e. The number of halogens is 1. The Morgan fingerprint density at radius 2 is 1.76 bits per heavy atom. The first-order valence-corrected chi connectivity index (χ1v) is 6.76. The predicted molar refractivity (Wildman–Crippen MR) is 76.7 cm³/mol. The Labute approximate surface area is 109 Å². The lowest BCUT2D eigenvalue weighted by molar-refractivity contribution is 0.499. The Morgan fingerprint density at radius 1 is 1.06 bits per heavy atom. The van der Waals surface area contributed by atoms with Crippen LogP contribution in [0.25, 0.3) is 10.8 Å². The van der Waals surface area contributed by atoms with E-state index in [2.05, 4.69) is 56.3 Å². The first-order valence-electron chi connectivity index (χ1n) is 6.33. The zero-order chi connectivity index (χ0) is 12.3. The monoisotopic (exact) mass is 246 g/mol. The van der Waals surface area contributed by atoms with Crippen molar-refractivity contribution < 1.29 is 0 Å². The summed E-state index contributed by atoms with van der Waals surface area (Å²) in [5.74, 6) is 0.558. The van der Waals surface area contributed by atoms with E-state index in [0.29, 0.717) is 5.92 Å². The van der Waals surface area contributed by atoms with Crippen molar-refractivity contribution in [2.75, 3.05) is 0 Å². The van der Waals surface area contributed by atoms with Crippen molar-refractivity contribution in [3.05, 3.63) is 48.0 Å². The Balaban J connectivity index is 2.35. The van der Waals surface area contributed by atoms with E-state index < -0.39 is 0 Å². The number of hydrogen-bond donors (Lipinski definition) is 0. The van der Waals surface area contributed by atoms with Gasteiger partial charge in [-0.2, -0.15) is 0 Å². The molecule has 2 rings (SSSR count). The van der Waals surface area contributed by atoms with Crippen LogP contribution in [0.4, 0.5) is 0 Å². The Bertz CT molecular complexity index is 482. The molecular weight excluding hydrogens is 228 g/mol. The van der Waals surface area contributed by atoms with Gasteiger partial charge in [-0.25, -0.2) is 0 Å². The number of alkyl halides is 1. The molecule has 0 bridgehead atoms. The predicted octanol–water partition coefficient (Wildman–Crippen LogP) is 5.04. The standard InChI is InChI=1S/C16H19Cl/c1-3-13(12(2)17)11-15-9-6-8-14-7-4-5-10-16(14)15/h4-10,12-13H,3,11H2,1-2H3. The van der Waals surface area contributed by atoms with Crippen LogP contribution in [0, 0.1) is 5.92 Å². The minimum atomic E-state index is 0.235. The number of fused-ring (bicyclic) bond motifs is 1. The molecule has 0 amide bonds. The molecule has 90 valence electrons. The van der Waals surface area contributed by atoms with Gasteiger partial charge in [0.05, 0.1) is 0 Å². The molecule has 0 nitrogen and oxygen atoms in total. The third-order valence-electron chi connectivity index (χ3n) is 3.54. The summed E-state index contributed by atoms with van der Waals surface area (Å²) in [5.41, 5.74) is 1.42. The summed E-state index contributed by atoms with van der Waals surface area (Å²) in [7, 11) is 0. The van der Waals surface area contributed by atoms with Crippen molar-refractivity contribution in [3.8, 4) is 0 Å². The van der Waals surface area contributed by atoms with Crippen molar-refractivity contribution >= 4 is 22.4 Å². The van der Waals surface area contributed by atoms with Gasteiger partial charge in [0, 0.05) is 5.38 Å². The van der Waals surface area contributed by atoms with E-state index in [1.165, 1.54) is 16.3 Å². The van der Waals surface area contributed by atoms with Crippen molar-refractivity contribution in [2.24, 2.45) is 5.92 Å². The zero-order valence-electron chi connectivity index (χ0n) is 10.5. The lowest BCUT2D eigenvalue weighted by atomic mass is 9.91. The highest BCUT2D eigenvalue weighted by molar-refractivity contribution is 6.20. The normalized spacial score (nSPS) is 14.8. The van der Waals surface area contributed by atoms with Gasteiger partial charge in [-0.3, -0.25) is 0 Å². The van der Waals surface area contributed by atoms with Crippen LogP contribution in [-0.2, 0) is 6.42 Å². The summed E-state index contributed by atoms with van der Waals surface area (Å²) < 4.78 is 0. The third-order valence-corrected chi connectivity index (χ3v) is 3.89. The molecule has 17 heavy (non-hydrogen) atoms. The van der Waals surface area contributed by atoms with E-state index in [1.54, 1.807) is 0 Å². The molecule has 0 aromatic heterocycles. The Hall–Kier alpha value is -1.01. The second-order valence-corrected chi connectivity index (χ2v) is 5.38. The second-order valence-electron chi connectivity index (χ2n) is 4.69. The van der Waals surface area contributed by atoms with Gasteiger partial charge in [-0.05, 0) is 35.6 Å². The lowest BCUT2D eigenvalue weighted by Gasteiger charge is -2.18. The molecule has 0 spiro atoms. The lowest BCUT2D eigenvalue weighted by Crippen LogP contribution is -2.13.